The highest BCUT2D eigenvalue weighted by atomic mass is 79.9. The van der Waals surface area contributed by atoms with Crippen LogP contribution in [-0.2, 0) is 17.6 Å². The number of rotatable bonds is 7. The SMILES string of the molecule is CN(CCCc1ccccc1)C(=O)CCc1ccc(Br)cc1F. The van der Waals surface area contributed by atoms with E-state index < -0.39 is 0 Å². The predicted molar refractivity (Wildman–Crippen MR) is 94.8 cm³/mol. The number of benzene rings is 2. The summed E-state index contributed by atoms with van der Waals surface area (Å²) in [6.07, 6.45) is 2.65. The summed E-state index contributed by atoms with van der Waals surface area (Å²) in [6.45, 7) is 0.719. The molecule has 0 bridgehead atoms. The Morgan fingerprint density at radius 2 is 1.87 bits per heavy atom. The van der Waals surface area contributed by atoms with Crippen molar-refractivity contribution in [3.05, 3.63) is 69.9 Å². The zero-order valence-electron chi connectivity index (χ0n) is 13.3. The van der Waals surface area contributed by atoms with Crippen molar-refractivity contribution in [2.24, 2.45) is 0 Å². The lowest BCUT2D eigenvalue weighted by molar-refractivity contribution is -0.129. The summed E-state index contributed by atoms with van der Waals surface area (Å²) in [6, 6.07) is 15.2. The van der Waals surface area contributed by atoms with Gasteiger partial charge in [0.1, 0.15) is 5.82 Å². The van der Waals surface area contributed by atoms with Crippen LogP contribution in [0.1, 0.15) is 24.0 Å². The number of amides is 1. The largest absolute Gasteiger partial charge is 0.346 e. The van der Waals surface area contributed by atoms with E-state index in [0.717, 1.165) is 19.4 Å². The van der Waals surface area contributed by atoms with E-state index in [1.54, 1.807) is 17.0 Å². The maximum absolute atomic E-state index is 13.7. The number of hydrogen-bond acceptors (Lipinski definition) is 1. The molecule has 0 radical (unpaired) electrons. The molecule has 0 N–H and O–H groups in total. The van der Waals surface area contributed by atoms with Gasteiger partial charge in [-0.15, -0.1) is 0 Å². The summed E-state index contributed by atoms with van der Waals surface area (Å²) < 4.78 is 14.4. The van der Waals surface area contributed by atoms with Crippen LogP contribution < -0.4 is 0 Å². The zero-order valence-corrected chi connectivity index (χ0v) is 14.9. The molecular weight excluding hydrogens is 357 g/mol. The third-order valence-electron chi connectivity index (χ3n) is 3.85. The van der Waals surface area contributed by atoms with Crippen LogP contribution in [0.4, 0.5) is 4.39 Å². The lowest BCUT2D eigenvalue weighted by atomic mass is 10.1. The fraction of sp³-hybridized carbons (Fsp3) is 0.316. The Hall–Kier alpha value is -1.68. The second-order valence-electron chi connectivity index (χ2n) is 5.64. The van der Waals surface area contributed by atoms with E-state index in [1.165, 1.54) is 11.6 Å². The fourth-order valence-corrected chi connectivity index (χ4v) is 2.78. The van der Waals surface area contributed by atoms with Crippen molar-refractivity contribution >= 4 is 21.8 Å². The summed E-state index contributed by atoms with van der Waals surface area (Å²) in [7, 11) is 1.81. The van der Waals surface area contributed by atoms with E-state index in [1.807, 2.05) is 25.2 Å². The maximum Gasteiger partial charge on any atom is 0.222 e. The molecule has 4 heteroatoms. The minimum Gasteiger partial charge on any atom is -0.346 e. The number of halogens is 2. The van der Waals surface area contributed by atoms with Gasteiger partial charge in [0.15, 0.2) is 0 Å². The minimum atomic E-state index is -0.265. The lowest BCUT2D eigenvalue weighted by Gasteiger charge is -2.17. The van der Waals surface area contributed by atoms with E-state index in [9.17, 15) is 9.18 Å². The first-order valence-corrected chi connectivity index (χ1v) is 8.57. The molecule has 0 aliphatic rings. The highest BCUT2D eigenvalue weighted by Gasteiger charge is 2.10. The van der Waals surface area contributed by atoms with E-state index in [4.69, 9.17) is 0 Å². The smallest absolute Gasteiger partial charge is 0.222 e. The van der Waals surface area contributed by atoms with Crippen molar-refractivity contribution in [2.75, 3.05) is 13.6 Å². The first-order chi connectivity index (χ1) is 11.1. The number of carbonyl (C=O) groups excluding carboxylic acids is 1. The van der Waals surface area contributed by atoms with Crippen molar-refractivity contribution in [2.45, 2.75) is 25.7 Å². The number of aryl methyl sites for hydroxylation is 2. The van der Waals surface area contributed by atoms with E-state index in [2.05, 4.69) is 28.1 Å². The van der Waals surface area contributed by atoms with Crippen LogP contribution in [0.3, 0.4) is 0 Å². The third kappa shape index (κ3) is 5.79. The normalized spacial score (nSPS) is 10.6. The highest BCUT2D eigenvalue weighted by molar-refractivity contribution is 9.10. The standard InChI is InChI=1S/C19H21BrFNO/c1-22(13-5-8-15-6-3-2-4-7-15)19(23)12-10-16-9-11-17(20)14-18(16)21/h2-4,6-7,9,11,14H,5,8,10,12-13H2,1H3. The van der Waals surface area contributed by atoms with E-state index >= 15 is 0 Å². The Bertz CT molecular complexity index is 645. The van der Waals surface area contributed by atoms with Gasteiger partial charge in [0, 0.05) is 24.5 Å². The van der Waals surface area contributed by atoms with Gasteiger partial charge in [-0.2, -0.15) is 0 Å². The summed E-state index contributed by atoms with van der Waals surface area (Å²) in [5.41, 5.74) is 1.87. The van der Waals surface area contributed by atoms with E-state index in [0.29, 0.717) is 22.9 Å². The van der Waals surface area contributed by atoms with Crippen molar-refractivity contribution < 1.29 is 9.18 Å². The quantitative estimate of drug-likeness (QED) is 0.689. The number of hydrogen-bond donors (Lipinski definition) is 0. The second kappa shape index (κ2) is 8.82. The Kier molecular flexibility index (Phi) is 6.78. The summed E-state index contributed by atoms with van der Waals surface area (Å²) in [4.78, 5) is 13.9. The Morgan fingerprint density at radius 1 is 1.13 bits per heavy atom. The molecule has 2 aromatic rings. The summed E-state index contributed by atoms with van der Waals surface area (Å²) in [5, 5.41) is 0. The van der Waals surface area contributed by atoms with Crippen LogP contribution in [0, 0.1) is 5.82 Å². The lowest BCUT2D eigenvalue weighted by Crippen LogP contribution is -2.28. The first-order valence-electron chi connectivity index (χ1n) is 7.78. The molecule has 0 aromatic heterocycles. The number of nitrogens with zero attached hydrogens (tertiary/aromatic N) is 1. The monoisotopic (exact) mass is 377 g/mol. The van der Waals surface area contributed by atoms with Crippen LogP contribution in [0.2, 0.25) is 0 Å². The van der Waals surface area contributed by atoms with E-state index in [-0.39, 0.29) is 11.7 Å². The Morgan fingerprint density at radius 3 is 2.57 bits per heavy atom. The van der Waals surface area contributed by atoms with Crippen LogP contribution >= 0.6 is 15.9 Å². The molecule has 2 nitrogen and oxygen atoms in total. The zero-order chi connectivity index (χ0) is 16.7. The minimum absolute atomic E-state index is 0.0559. The molecule has 0 fully saturated rings. The van der Waals surface area contributed by atoms with Gasteiger partial charge in [0.05, 0.1) is 0 Å². The highest BCUT2D eigenvalue weighted by Crippen LogP contribution is 2.16. The van der Waals surface area contributed by atoms with Gasteiger partial charge >= 0.3 is 0 Å². The van der Waals surface area contributed by atoms with Gasteiger partial charge in [-0.1, -0.05) is 52.3 Å². The summed E-state index contributed by atoms with van der Waals surface area (Å²) in [5.74, 6) is -0.209. The fourth-order valence-electron chi connectivity index (χ4n) is 2.45. The number of carbonyl (C=O) groups is 1. The third-order valence-corrected chi connectivity index (χ3v) is 4.34. The molecule has 0 heterocycles. The van der Waals surface area contributed by atoms with Crippen LogP contribution in [0.15, 0.2) is 53.0 Å². The molecule has 122 valence electrons. The molecule has 23 heavy (non-hydrogen) atoms. The predicted octanol–water partition coefficient (Wildman–Crippen LogP) is 4.61. The molecule has 0 saturated heterocycles. The molecule has 2 aromatic carbocycles. The Balaban J connectivity index is 1.74. The molecule has 2 rings (SSSR count). The topological polar surface area (TPSA) is 20.3 Å². The molecule has 0 saturated carbocycles. The molecule has 0 aliphatic carbocycles. The van der Waals surface area contributed by atoms with Gasteiger partial charge in [-0.25, -0.2) is 4.39 Å². The molecule has 0 unspecified atom stereocenters. The molecule has 0 spiro atoms. The molecule has 0 aliphatic heterocycles. The van der Waals surface area contributed by atoms with Gasteiger partial charge < -0.3 is 4.90 Å². The van der Waals surface area contributed by atoms with Gasteiger partial charge in [0.2, 0.25) is 5.91 Å². The van der Waals surface area contributed by atoms with Gasteiger partial charge in [-0.3, -0.25) is 4.79 Å². The van der Waals surface area contributed by atoms with Crippen LogP contribution in [-0.4, -0.2) is 24.4 Å². The average molecular weight is 378 g/mol. The second-order valence-corrected chi connectivity index (χ2v) is 6.56. The molecular formula is C19H21BrFNO. The van der Waals surface area contributed by atoms with Gasteiger partial charge in [-0.05, 0) is 42.5 Å². The van der Waals surface area contributed by atoms with Crippen molar-refractivity contribution in [1.82, 2.24) is 4.90 Å². The molecule has 0 atom stereocenters. The maximum atomic E-state index is 13.7. The first kappa shape index (κ1) is 17.7. The van der Waals surface area contributed by atoms with Crippen LogP contribution in [0.25, 0.3) is 0 Å². The van der Waals surface area contributed by atoms with Crippen molar-refractivity contribution in [1.29, 1.82) is 0 Å². The van der Waals surface area contributed by atoms with Crippen molar-refractivity contribution in [3.63, 3.8) is 0 Å². The van der Waals surface area contributed by atoms with Gasteiger partial charge in [0.25, 0.3) is 0 Å². The van der Waals surface area contributed by atoms with Crippen molar-refractivity contribution in [3.8, 4) is 0 Å². The van der Waals surface area contributed by atoms with Crippen LogP contribution in [0.5, 0.6) is 0 Å². The average Bonchev–Trinajstić information content (AvgIpc) is 2.54. The molecule has 1 amide bonds. The summed E-state index contributed by atoms with van der Waals surface area (Å²) >= 11 is 3.23. The Labute approximate surface area is 145 Å².